The molecule has 0 atom stereocenters. The molecule has 0 heterocycles. The van der Waals surface area contributed by atoms with E-state index in [-0.39, 0.29) is 5.75 Å². The lowest BCUT2D eigenvalue weighted by Gasteiger charge is -2.05. The number of benzene rings is 2. The molecule has 2 aromatic rings. The maximum atomic E-state index is 9.65. The van der Waals surface area contributed by atoms with Gasteiger partial charge in [0.2, 0.25) is 0 Å². The Hall–Kier alpha value is -1.70. The van der Waals surface area contributed by atoms with Crippen LogP contribution in [0.15, 0.2) is 30.3 Å². The predicted octanol–water partition coefficient (Wildman–Crippen LogP) is 2.44. The zero-order valence-electron chi connectivity index (χ0n) is 7.41. The van der Waals surface area contributed by atoms with E-state index in [1.54, 1.807) is 6.07 Å². The van der Waals surface area contributed by atoms with Crippen molar-refractivity contribution in [1.29, 1.82) is 0 Å². The Morgan fingerprint density at radius 2 is 2.00 bits per heavy atom. The van der Waals surface area contributed by atoms with Crippen molar-refractivity contribution in [2.45, 2.75) is 6.92 Å². The molecule has 2 aromatic carbocycles. The summed E-state index contributed by atoms with van der Waals surface area (Å²) in [7, 11) is 0. The van der Waals surface area contributed by atoms with Crippen molar-refractivity contribution >= 4 is 16.5 Å². The van der Waals surface area contributed by atoms with E-state index >= 15 is 0 Å². The van der Waals surface area contributed by atoms with E-state index in [0.29, 0.717) is 5.69 Å². The third-order valence-corrected chi connectivity index (χ3v) is 2.19. The maximum absolute atomic E-state index is 9.65. The lowest BCUT2D eigenvalue weighted by atomic mass is 10.0. The minimum Gasteiger partial charge on any atom is -0.507 e. The van der Waals surface area contributed by atoms with Gasteiger partial charge in [0.1, 0.15) is 5.75 Å². The number of aryl methyl sites for hydroxylation is 1. The van der Waals surface area contributed by atoms with Crippen LogP contribution in [0.5, 0.6) is 5.75 Å². The van der Waals surface area contributed by atoms with Gasteiger partial charge in [-0.1, -0.05) is 18.2 Å². The van der Waals surface area contributed by atoms with Crippen molar-refractivity contribution in [2.75, 3.05) is 5.73 Å². The SMILES string of the molecule is Cc1cccc2cc(N)cc(O)c12. The van der Waals surface area contributed by atoms with Gasteiger partial charge in [-0.3, -0.25) is 0 Å². The van der Waals surface area contributed by atoms with Crippen LogP contribution in [0.3, 0.4) is 0 Å². The molecule has 66 valence electrons. The second-order valence-corrected chi connectivity index (χ2v) is 3.21. The molecule has 0 aliphatic rings. The maximum Gasteiger partial charge on any atom is 0.125 e. The average Bonchev–Trinajstić information content (AvgIpc) is 2.02. The minimum absolute atomic E-state index is 0.258. The van der Waals surface area contributed by atoms with Gasteiger partial charge in [0.25, 0.3) is 0 Å². The zero-order valence-corrected chi connectivity index (χ0v) is 7.41. The molecule has 0 radical (unpaired) electrons. The number of anilines is 1. The molecule has 0 spiro atoms. The summed E-state index contributed by atoms with van der Waals surface area (Å²) in [6.45, 7) is 1.97. The molecule has 0 unspecified atom stereocenters. The summed E-state index contributed by atoms with van der Waals surface area (Å²) in [5.74, 6) is 0.258. The standard InChI is InChI=1S/C11H11NO/c1-7-3-2-4-8-5-9(12)6-10(13)11(7)8/h2-6,13H,12H2,1H3. The van der Waals surface area contributed by atoms with Gasteiger partial charge in [0.15, 0.2) is 0 Å². The number of hydrogen-bond donors (Lipinski definition) is 2. The highest BCUT2D eigenvalue weighted by Gasteiger charge is 2.02. The molecule has 2 heteroatoms. The molecule has 0 saturated carbocycles. The normalized spacial score (nSPS) is 10.5. The summed E-state index contributed by atoms with van der Waals surface area (Å²) in [5.41, 5.74) is 7.27. The molecule has 0 aliphatic heterocycles. The van der Waals surface area contributed by atoms with Crippen molar-refractivity contribution in [3.05, 3.63) is 35.9 Å². The molecule has 0 aromatic heterocycles. The summed E-state index contributed by atoms with van der Waals surface area (Å²) in [6, 6.07) is 9.31. The number of phenolic OH excluding ortho intramolecular Hbond substituents is 1. The molecular formula is C11H11NO. The minimum atomic E-state index is 0.258. The molecule has 13 heavy (non-hydrogen) atoms. The topological polar surface area (TPSA) is 46.2 Å². The van der Waals surface area contributed by atoms with Crippen molar-refractivity contribution in [3.63, 3.8) is 0 Å². The highest BCUT2D eigenvalue weighted by Crippen LogP contribution is 2.29. The van der Waals surface area contributed by atoms with Gasteiger partial charge in [0.05, 0.1) is 0 Å². The Morgan fingerprint density at radius 3 is 2.77 bits per heavy atom. The van der Waals surface area contributed by atoms with Crippen LogP contribution in [0, 0.1) is 6.92 Å². The molecule has 0 fully saturated rings. The second kappa shape index (κ2) is 2.66. The number of phenols is 1. The predicted molar refractivity (Wildman–Crippen MR) is 54.8 cm³/mol. The van der Waals surface area contributed by atoms with Crippen LogP contribution in [0.4, 0.5) is 5.69 Å². The third-order valence-electron chi connectivity index (χ3n) is 2.19. The summed E-state index contributed by atoms with van der Waals surface area (Å²) in [4.78, 5) is 0. The Morgan fingerprint density at radius 1 is 1.23 bits per heavy atom. The van der Waals surface area contributed by atoms with Crippen LogP contribution in [0.1, 0.15) is 5.56 Å². The first-order valence-electron chi connectivity index (χ1n) is 4.16. The Kier molecular flexibility index (Phi) is 1.62. The molecule has 0 amide bonds. The fourth-order valence-corrected chi connectivity index (χ4v) is 1.61. The van der Waals surface area contributed by atoms with Gasteiger partial charge in [-0.2, -0.15) is 0 Å². The zero-order chi connectivity index (χ0) is 9.42. The van der Waals surface area contributed by atoms with E-state index in [0.717, 1.165) is 16.3 Å². The molecule has 0 saturated heterocycles. The fourth-order valence-electron chi connectivity index (χ4n) is 1.61. The van der Waals surface area contributed by atoms with E-state index in [2.05, 4.69) is 0 Å². The number of fused-ring (bicyclic) bond motifs is 1. The van der Waals surface area contributed by atoms with Gasteiger partial charge >= 0.3 is 0 Å². The molecular weight excluding hydrogens is 162 g/mol. The van der Waals surface area contributed by atoms with Crippen molar-refractivity contribution in [2.24, 2.45) is 0 Å². The number of rotatable bonds is 0. The van der Waals surface area contributed by atoms with Crippen molar-refractivity contribution < 1.29 is 5.11 Å². The lowest BCUT2D eigenvalue weighted by Crippen LogP contribution is -1.86. The molecule has 3 N–H and O–H groups in total. The average molecular weight is 173 g/mol. The quantitative estimate of drug-likeness (QED) is 0.601. The number of aromatic hydroxyl groups is 1. The second-order valence-electron chi connectivity index (χ2n) is 3.21. The molecule has 0 aliphatic carbocycles. The Labute approximate surface area is 76.6 Å². The Balaban J connectivity index is 2.94. The van der Waals surface area contributed by atoms with Crippen LogP contribution in [0.25, 0.3) is 10.8 Å². The summed E-state index contributed by atoms with van der Waals surface area (Å²) >= 11 is 0. The highest BCUT2D eigenvalue weighted by atomic mass is 16.3. The van der Waals surface area contributed by atoms with E-state index < -0.39 is 0 Å². The third kappa shape index (κ3) is 1.20. The number of nitrogens with two attached hydrogens (primary N) is 1. The van der Waals surface area contributed by atoms with Crippen LogP contribution in [-0.4, -0.2) is 5.11 Å². The number of hydrogen-bond acceptors (Lipinski definition) is 2. The van der Waals surface area contributed by atoms with Gasteiger partial charge in [-0.15, -0.1) is 0 Å². The van der Waals surface area contributed by atoms with E-state index in [1.165, 1.54) is 0 Å². The summed E-state index contributed by atoms with van der Waals surface area (Å²) < 4.78 is 0. The molecule has 2 nitrogen and oxygen atoms in total. The van der Waals surface area contributed by atoms with Gasteiger partial charge in [0, 0.05) is 17.1 Å². The van der Waals surface area contributed by atoms with Crippen LogP contribution >= 0.6 is 0 Å². The first-order chi connectivity index (χ1) is 6.18. The molecule has 0 bridgehead atoms. The highest BCUT2D eigenvalue weighted by molar-refractivity contribution is 5.93. The van der Waals surface area contributed by atoms with E-state index in [9.17, 15) is 5.11 Å². The summed E-state index contributed by atoms with van der Waals surface area (Å²) in [5, 5.41) is 11.5. The van der Waals surface area contributed by atoms with Crippen LogP contribution in [-0.2, 0) is 0 Å². The van der Waals surface area contributed by atoms with Crippen molar-refractivity contribution in [3.8, 4) is 5.75 Å². The van der Waals surface area contributed by atoms with Crippen molar-refractivity contribution in [1.82, 2.24) is 0 Å². The van der Waals surface area contributed by atoms with E-state index in [1.807, 2.05) is 31.2 Å². The number of nitrogen functional groups attached to an aromatic ring is 1. The van der Waals surface area contributed by atoms with Crippen LogP contribution < -0.4 is 5.73 Å². The first-order valence-corrected chi connectivity index (χ1v) is 4.16. The summed E-state index contributed by atoms with van der Waals surface area (Å²) in [6.07, 6.45) is 0. The monoisotopic (exact) mass is 173 g/mol. The Bertz CT molecular complexity index is 463. The van der Waals surface area contributed by atoms with Gasteiger partial charge in [-0.05, 0) is 23.9 Å². The molecule has 2 rings (SSSR count). The van der Waals surface area contributed by atoms with Gasteiger partial charge < -0.3 is 10.8 Å². The lowest BCUT2D eigenvalue weighted by molar-refractivity contribution is 0.482. The fraction of sp³-hybridized carbons (Fsp3) is 0.0909. The van der Waals surface area contributed by atoms with Crippen LogP contribution in [0.2, 0.25) is 0 Å². The smallest absolute Gasteiger partial charge is 0.125 e. The largest absolute Gasteiger partial charge is 0.507 e. The van der Waals surface area contributed by atoms with Gasteiger partial charge in [-0.25, -0.2) is 0 Å². The first kappa shape index (κ1) is 7.92. The van der Waals surface area contributed by atoms with E-state index in [4.69, 9.17) is 5.73 Å².